The van der Waals surface area contributed by atoms with Crippen LogP contribution in [0.2, 0.25) is 0 Å². The summed E-state index contributed by atoms with van der Waals surface area (Å²) in [6.45, 7) is 0. The fraction of sp³-hybridized carbons (Fsp3) is 0.143. The summed E-state index contributed by atoms with van der Waals surface area (Å²) in [5, 5.41) is 8.66. The molecule has 13 heavy (non-hydrogen) atoms. The third-order valence-electron chi connectivity index (χ3n) is 1.24. The molecule has 1 aromatic heterocycles. The Morgan fingerprint density at radius 3 is 2.69 bits per heavy atom. The van der Waals surface area contributed by atoms with Gasteiger partial charge in [-0.05, 0) is 37.9 Å². The number of isocyanates is 1. The summed E-state index contributed by atoms with van der Waals surface area (Å²) in [5.41, 5.74) is 0. The van der Waals surface area contributed by atoms with E-state index in [1.54, 1.807) is 6.07 Å². The highest BCUT2D eigenvalue weighted by molar-refractivity contribution is 9.13. The minimum Gasteiger partial charge on any atom is -0.211 e. The summed E-state index contributed by atoms with van der Waals surface area (Å²) in [6.07, 6.45) is 1.37. The summed E-state index contributed by atoms with van der Waals surface area (Å²) in [4.78, 5) is 14.1. The highest BCUT2D eigenvalue weighted by Gasteiger charge is 2.13. The molecule has 0 radical (unpaired) electrons. The average molecular weight is 322 g/mol. The Morgan fingerprint density at radius 2 is 2.31 bits per heavy atom. The third-order valence-corrected chi connectivity index (χ3v) is 4.55. The molecule has 0 bridgehead atoms. The Morgan fingerprint density at radius 1 is 1.62 bits per heavy atom. The van der Waals surface area contributed by atoms with Gasteiger partial charge in [0.2, 0.25) is 6.08 Å². The summed E-state index contributed by atoms with van der Waals surface area (Å²) in [5.74, 6) is 0. The Labute approximate surface area is 95.4 Å². The van der Waals surface area contributed by atoms with E-state index in [4.69, 9.17) is 5.26 Å². The normalized spacial score (nSPS) is 11.5. The van der Waals surface area contributed by atoms with Crippen LogP contribution >= 0.6 is 43.2 Å². The molecular weight excluding hydrogens is 320 g/mol. The highest BCUT2D eigenvalue weighted by atomic mass is 79.9. The quantitative estimate of drug-likeness (QED) is 0.620. The van der Waals surface area contributed by atoms with Gasteiger partial charge in [-0.2, -0.15) is 10.3 Å². The Bertz CT molecular complexity index is 384. The molecule has 0 fully saturated rings. The maximum atomic E-state index is 9.98. The molecule has 1 unspecified atom stereocenters. The molecule has 0 saturated heterocycles. The van der Waals surface area contributed by atoms with Gasteiger partial charge >= 0.3 is 0 Å². The lowest BCUT2D eigenvalue weighted by Crippen LogP contribution is -1.85. The third kappa shape index (κ3) is 2.48. The van der Waals surface area contributed by atoms with E-state index in [0.29, 0.717) is 4.88 Å². The second-order valence-corrected chi connectivity index (χ2v) is 5.28. The standard InChI is InChI=1S/C7H2Br2N2OS/c8-4-1-6(13-7(4)9)5(2-10)11-3-12/h1,5H. The van der Waals surface area contributed by atoms with E-state index in [1.165, 1.54) is 17.4 Å². The minimum absolute atomic E-state index is 0.713. The zero-order chi connectivity index (χ0) is 9.84. The summed E-state index contributed by atoms with van der Waals surface area (Å²) >= 11 is 7.93. The van der Waals surface area contributed by atoms with Gasteiger partial charge in [-0.25, -0.2) is 4.79 Å². The van der Waals surface area contributed by atoms with Gasteiger partial charge in [-0.3, -0.25) is 0 Å². The van der Waals surface area contributed by atoms with Crippen molar-refractivity contribution in [3.05, 3.63) is 19.2 Å². The lowest BCUT2D eigenvalue weighted by molar-refractivity contribution is 0.561. The molecular formula is C7H2Br2N2OS. The van der Waals surface area contributed by atoms with Crippen molar-refractivity contribution in [3.63, 3.8) is 0 Å². The minimum atomic E-state index is -0.745. The predicted octanol–water partition coefficient (Wildman–Crippen LogP) is 3.17. The van der Waals surface area contributed by atoms with E-state index in [9.17, 15) is 4.79 Å². The second kappa shape index (κ2) is 4.68. The van der Waals surface area contributed by atoms with Crippen LogP contribution in [0, 0.1) is 11.3 Å². The first-order valence-corrected chi connectivity index (χ1v) is 5.50. The number of nitrogens with zero attached hydrogens (tertiary/aromatic N) is 2. The zero-order valence-electron chi connectivity index (χ0n) is 6.12. The van der Waals surface area contributed by atoms with Crippen LogP contribution in [0.1, 0.15) is 10.9 Å². The molecule has 1 aromatic rings. The molecule has 1 heterocycles. The zero-order valence-corrected chi connectivity index (χ0v) is 10.1. The monoisotopic (exact) mass is 320 g/mol. The summed E-state index contributed by atoms with van der Waals surface area (Å²) in [6, 6.07) is 2.91. The van der Waals surface area contributed by atoms with Gasteiger partial charge in [0.25, 0.3) is 0 Å². The SMILES string of the molecule is N#CC(N=C=O)c1cc(Br)c(Br)s1. The van der Waals surface area contributed by atoms with Crippen LogP contribution in [-0.2, 0) is 4.79 Å². The van der Waals surface area contributed by atoms with E-state index < -0.39 is 6.04 Å². The maximum absolute atomic E-state index is 9.98. The number of hydrogen-bond acceptors (Lipinski definition) is 4. The number of aliphatic imine (C=N–C) groups is 1. The maximum Gasteiger partial charge on any atom is 0.236 e. The molecule has 0 spiro atoms. The van der Waals surface area contributed by atoms with Gasteiger partial charge in [-0.1, -0.05) is 0 Å². The van der Waals surface area contributed by atoms with Gasteiger partial charge in [0, 0.05) is 9.35 Å². The summed E-state index contributed by atoms with van der Waals surface area (Å²) in [7, 11) is 0. The molecule has 1 atom stereocenters. The van der Waals surface area contributed by atoms with Crippen molar-refractivity contribution in [2.24, 2.45) is 4.99 Å². The number of halogens is 2. The van der Waals surface area contributed by atoms with Gasteiger partial charge < -0.3 is 0 Å². The number of nitriles is 1. The van der Waals surface area contributed by atoms with Crippen molar-refractivity contribution in [3.8, 4) is 6.07 Å². The molecule has 0 amide bonds. The van der Waals surface area contributed by atoms with Crippen molar-refractivity contribution in [2.75, 3.05) is 0 Å². The van der Waals surface area contributed by atoms with E-state index in [-0.39, 0.29) is 0 Å². The first-order chi connectivity index (χ1) is 6.19. The smallest absolute Gasteiger partial charge is 0.211 e. The van der Waals surface area contributed by atoms with Crippen LogP contribution in [0.3, 0.4) is 0 Å². The van der Waals surface area contributed by atoms with Crippen LogP contribution in [0.25, 0.3) is 0 Å². The molecule has 0 aliphatic rings. The van der Waals surface area contributed by atoms with Crippen LogP contribution in [0.5, 0.6) is 0 Å². The first kappa shape index (κ1) is 10.6. The van der Waals surface area contributed by atoms with Crippen molar-refractivity contribution in [1.29, 1.82) is 5.26 Å². The highest BCUT2D eigenvalue weighted by Crippen LogP contribution is 2.36. The van der Waals surface area contributed by atoms with Gasteiger partial charge in [-0.15, -0.1) is 11.3 Å². The molecule has 0 N–H and O–H groups in total. The van der Waals surface area contributed by atoms with Crippen LogP contribution in [0.4, 0.5) is 0 Å². The van der Waals surface area contributed by atoms with Crippen molar-refractivity contribution < 1.29 is 4.79 Å². The molecule has 6 heteroatoms. The fourth-order valence-electron chi connectivity index (χ4n) is 0.707. The predicted molar refractivity (Wildman–Crippen MR) is 56.2 cm³/mol. The number of carbonyl (C=O) groups excluding carboxylic acids is 1. The van der Waals surface area contributed by atoms with Crippen molar-refractivity contribution in [1.82, 2.24) is 0 Å². The van der Waals surface area contributed by atoms with Gasteiger partial charge in [0.05, 0.1) is 9.86 Å². The van der Waals surface area contributed by atoms with E-state index in [2.05, 4.69) is 36.9 Å². The molecule has 0 saturated carbocycles. The van der Waals surface area contributed by atoms with E-state index >= 15 is 0 Å². The first-order valence-electron chi connectivity index (χ1n) is 3.10. The Hall–Kier alpha value is -0.470. The Kier molecular flexibility index (Phi) is 3.82. The van der Waals surface area contributed by atoms with Crippen LogP contribution in [-0.4, -0.2) is 6.08 Å². The molecule has 0 aromatic carbocycles. The molecule has 0 aliphatic heterocycles. The second-order valence-electron chi connectivity index (χ2n) is 2.02. The van der Waals surface area contributed by atoms with E-state index in [0.717, 1.165) is 8.26 Å². The Balaban J connectivity index is 3.07. The van der Waals surface area contributed by atoms with E-state index in [1.807, 2.05) is 6.07 Å². The molecule has 3 nitrogen and oxygen atoms in total. The number of hydrogen-bond donors (Lipinski definition) is 0. The average Bonchev–Trinajstić information content (AvgIpc) is 2.43. The topological polar surface area (TPSA) is 53.2 Å². The van der Waals surface area contributed by atoms with Gasteiger partial charge in [0.15, 0.2) is 6.04 Å². The van der Waals surface area contributed by atoms with Crippen LogP contribution in [0.15, 0.2) is 19.3 Å². The molecule has 66 valence electrons. The molecule has 1 rings (SSSR count). The number of thiophene rings is 1. The largest absolute Gasteiger partial charge is 0.236 e. The lowest BCUT2D eigenvalue weighted by Gasteiger charge is -1.93. The summed E-state index contributed by atoms with van der Waals surface area (Å²) < 4.78 is 1.73. The molecule has 0 aliphatic carbocycles. The van der Waals surface area contributed by atoms with Gasteiger partial charge in [0.1, 0.15) is 0 Å². The number of rotatable bonds is 2. The van der Waals surface area contributed by atoms with Crippen LogP contribution < -0.4 is 0 Å². The fourth-order valence-corrected chi connectivity index (χ4v) is 2.78. The van der Waals surface area contributed by atoms with Crippen molar-refractivity contribution >= 4 is 49.3 Å². The lowest BCUT2D eigenvalue weighted by atomic mass is 10.3. The van der Waals surface area contributed by atoms with Crippen molar-refractivity contribution in [2.45, 2.75) is 6.04 Å².